The predicted octanol–water partition coefficient (Wildman–Crippen LogP) is 4.41. The van der Waals surface area contributed by atoms with Gasteiger partial charge in [-0.15, -0.1) is 0 Å². The van der Waals surface area contributed by atoms with Crippen LogP contribution in [0.25, 0.3) is 0 Å². The summed E-state index contributed by atoms with van der Waals surface area (Å²) in [6.45, 7) is 7.78. The van der Waals surface area contributed by atoms with E-state index >= 15 is 0 Å². The minimum absolute atomic E-state index is 0.0538. The molecule has 1 aliphatic rings. The van der Waals surface area contributed by atoms with Gasteiger partial charge in [-0.3, -0.25) is 4.79 Å². The van der Waals surface area contributed by atoms with Crippen molar-refractivity contribution < 1.29 is 9.53 Å². The zero-order valence-corrected chi connectivity index (χ0v) is 12.2. The normalized spacial score (nSPS) is 20.9. The van der Waals surface area contributed by atoms with E-state index in [1.165, 1.54) is 18.9 Å². The Morgan fingerprint density at radius 3 is 2.72 bits per heavy atom. The highest BCUT2D eigenvalue weighted by Crippen LogP contribution is 2.29. The van der Waals surface area contributed by atoms with Crippen molar-refractivity contribution in [1.82, 2.24) is 0 Å². The lowest BCUT2D eigenvalue weighted by molar-refractivity contribution is -0.148. The van der Waals surface area contributed by atoms with Gasteiger partial charge in [-0.2, -0.15) is 0 Å². The first-order valence-electron chi connectivity index (χ1n) is 6.97. The summed E-state index contributed by atoms with van der Waals surface area (Å²) in [5.41, 5.74) is 2.96. The van der Waals surface area contributed by atoms with Gasteiger partial charge in [0.1, 0.15) is 6.10 Å². The number of carbonyl (C=O) groups is 1. The van der Waals surface area contributed by atoms with Crippen molar-refractivity contribution in [2.45, 2.75) is 65.9 Å². The number of allylic oxidation sites excluding steroid dienone is 4. The van der Waals surface area contributed by atoms with E-state index in [9.17, 15) is 4.79 Å². The fourth-order valence-electron chi connectivity index (χ4n) is 2.47. The summed E-state index contributed by atoms with van der Waals surface area (Å²) in [5.74, 6) is 0.335. The molecular weight excluding hydrogens is 224 g/mol. The highest BCUT2D eigenvalue weighted by atomic mass is 16.5. The lowest BCUT2D eigenvalue weighted by atomic mass is 9.85. The molecule has 0 aromatic carbocycles. The summed E-state index contributed by atoms with van der Waals surface area (Å²) in [6, 6.07) is 0. The van der Waals surface area contributed by atoms with Crippen LogP contribution < -0.4 is 0 Å². The van der Waals surface area contributed by atoms with Gasteiger partial charge in [-0.05, 0) is 58.8 Å². The maximum Gasteiger partial charge on any atom is 0.302 e. The molecule has 2 atom stereocenters. The number of rotatable bonds is 5. The Hall–Kier alpha value is -1.05. The number of esters is 1. The third-order valence-electron chi connectivity index (χ3n) is 3.58. The summed E-state index contributed by atoms with van der Waals surface area (Å²) in [4.78, 5) is 10.9. The van der Waals surface area contributed by atoms with E-state index in [0.717, 1.165) is 25.7 Å². The molecule has 1 aliphatic carbocycles. The summed E-state index contributed by atoms with van der Waals surface area (Å²) >= 11 is 0. The van der Waals surface area contributed by atoms with E-state index < -0.39 is 0 Å². The van der Waals surface area contributed by atoms with E-state index in [-0.39, 0.29) is 12.1 Å². The van der Waals surface area contributed by atoms with Gasteiger partial charge in [0.25, 0.3) is 0 Å². The maximum atomic E-state index is 10.9. The van der Waals surface area contributed by atoms with Crippen molar-refractivity contribution in [2.75, 3.05) is 0 Å². The zero-order valence-electron chi connectivity index (χ0n) is 12.2. The van der Waals surface area contributed by atoms with Crippen LogP contribution in [-0.4, -0.2) is 12.1 Å². The second-order valence-electron chi connectivity index (χ2n) is 5.53. The van der Waals surface area contributed by atoms with Crippen LogP contribution in [0.5, 0.6) is 0 Å². The molecule has 0 radical (unpaired) electrons. The third-order valence-corrected chi connectivity index (χ3v) is 3.58. The Balaban J connectivity index is 2.36. The van der Waals surface area contributed by atoms with Gasteiger partial charge < -0.3 is 4.74 Å². The zero-order chi connectivity index (χ0) is 13.5. The molecule has 18 heavy (non-hydrogen) atoms. The Bertz CT molecular complexity index is 335. The van der Waals surface area contributed by atoms with Gasteiger partial charge in [0, 0.05) is 6.92 Å². The molecule has 0 N–H and O–H groups in total. The molecule has 2 unspecified atom stereocenters. The highest BCUT2D eigenvalue weighted by molar-refractivity contribution is 5.66. The average Bonchev–Trinajstić information content (AvgIpc) is 2.28. The molecule has 0 spiro atoms. The van der Waals surface area contributed by atoms with Crippen LogP contribution in [0.15, 0.2) is 23.3 Å². The van der Waals surface area contributed by atoms with Gasteiger partial charge in [0.2, 0.25) is 0 Å². The average molecular weight is 250 g/mol. The van der Waals surface area contributed by atoms with E-state index in [2.05, 4.69) is 26.0 Å². The highest BCUT2D eigenvalue weighted by Gasteiger charge is 2.22. The van der Waals surface area contributed by atoms with Crippen LogP contribution >= 0.6 is 0 Å². The minimum Gasteiger partial charge on any atom is -0.463 e. The second kappa shape index (κ2) is 7.40. The molecule has 0 bridgehead atoms. The quantitative estimate of drug-likeness (QED) is 0.533. The van der Waals surface area contributed by atoms with Crippen LogP contribution in [0.3, 0.4) is 0 Å². The second-order valence-corrected chi connectivity index (χ2v) is 5.53. The van der Waals surface area contributed by atoms with Gasteiger partial charge in [-0.1, -0.05) is 23.3 Å². The summed E-state index contributed by atoms with van der Waals surface area (Å²) in [6.07, 6.45) is 10.4. The van der Waals surface area contributed by atoms with E-state index in [4.69, 9.17) is 4.74 Å². The number of hydrogen-bond donors (Lipinski definition) is 0. The molecule has 102 valence electrons. The van der Waals surface area contributed by atoms with Crippen molar-refractivity contribution in [3.8, 4) is 0 Å². The fraction of sp³-hybridized carbons (Fsp3) is 0.688. The maximum absolute atomic E-state index is 10.9. The standard InChI is InChI=1S/C16H26O2/c1-12(2)6-5-7-15-8-10-16(11-9-15)13(3)18-14(4)17/h6,8,13,16H,5,7,9-11H2,1-4H3. The molecular formula is C16H26O2. The molecule has 0 aromatic heterocycles. The molecule has 0 heterocycles. The summed E-state index contributed by atoms with van der Waals surface area (Å²) in [5, 5.41) is 0. The largest absolute Gasteiger partial charge is 0.463 e. The van der Waals surface area contributed by atoms with Gasteiger partial charge in [0.15, 0.2) is 0 Å². The van der Waals surface area contributed by atoms with Crippen LogP contribution in [0, 0.1) is 5.92 Å². The molecule has 0 amide bonds. The molecule has 0 saturated heterocycles. The van der Waals surface area contributed by atoms with Crippen molar-refractivity contribution in [1.29, 1.82) is 0 Å². The summed E-state index contributed by atoms with van der Waals surface area (Å²) < 4.78 is 5.26. The molecule has 2 nitrogen and oxygen atoms in total. The molecule has 0 fully saturated rings. The number of carbonyl (C=O) groups excluding carboxylic acids is 1. The lowest BCUT2D eigenvalue weighted by Crippen LogP contribution is -2.24. The number of hydrogen-bond acceptors (Lipinski definition) is 2. The smallest absolute Gasteiger partial charge is 0.302 e. The predicted molar refractivity (Wildman–Crippen MR) is 75.3 cm³/mol. The number of ether oxygens (including phenoxy) is 1. The Labute approximate surface area is 111 Å². The van der Waals surface area contributed by atoms with Crippen LogP contribution in [0.1, 0.15) is 59.8 Å². The molecule has 0 aromatic rings. The first-order chi connectivity index (χ1) is 8.49. The Kier molecular flexibility index (Phi) is 6.17. The topological polar surface area (TPSA) is 26.3 Å². The first-order valence-corrected chi connectivity index (χ1v) is 6.97. The molecule has 0 aliphatic heterocycles. The SMILES string of the molecule is CC(=O)OC(C)C1CC=C(CCC=C(C)C)CC1. The van der Waals surface area contributed by atoms with E-state index in [1.807, 2.05) is 6.92 Å². The molecule has 0 saturated carbocycles. The van der Waals surface area contributed by atoms with Crippen LogP contribution in [-0.2, 0) is 9.53 Å². The molecule has 1 rings (SSSR count). The fourth-order valence-corrected chi connectivity index (χ4v) is 2.47. The van der Waals surface area contributed by atoms with Crippen molar-refractivity contribution in [3.63, 3.8) is 0 Å². The van der Waals surface area contributed by atoms with Gasteiger partial charge in [0.05, 0.1) is 0 Å². The third kappa shape index (κ3) is 5.52. The van der Waals surface area contributed by atoms with Crippen molar-refractivity contribution in [2.24, 2.45) is 5.92 Å². The monoisotopic (exact) mass is 250 g/mol. The lowest BCUT2D eigenvalue weighted by Gasteiger charge is -2.26. The van der Waals surface area contributed by atoms with E-state index in [1.54, 1.807) is 5.57 Å². The van der Waals surface area contributed by atoms with E-state index in [0.29, 0.717) is 5.92 Å². The summed E-state index contributed by atoms with van der Waals surface area (Å²) in [7, 11) is 0. The van der Waals surface area contributed by atoms with Gasteiger partial charge in [-0.25, -0.2) is 0 Å². The first kappa shape index (κ1) is 15.0. The van der Waals surface area contributed by atoms with Crippen molar-refractivity contribution in [3.05, 3.63) is 23.3 Å². The Morgan fingerprint density at radius 2 is 2.22 bits per heavy atom. The van der Waals surface area contributed by atoms with Crippen LogP contribution in [0.4, 0.5) is 0 Å². The Morgan fingerprint density at radius 1 is 1.50 bits per heavy atom. The van der Waals surface area contributed by atoms with Crippen LogP contribution in [0.2, 0.25) is 0 Å². The van der Waals surface area contributed by atoms with Gasteiger partial charge >= 0.3 is 5.97 Å². The van der Waals surface area contributed by atoms with Crippen molar-refractivity contribution >= 4 is 5.97 Å². The molecule has 2 heteroatoms. The minimum atomic E-state index is -0.166.